The number of sulfonamides is 1. The molecule has 184 valence electrons. The molecule has 9 heteroatoms. The number of anilines is 2. The fourth-order valence-corrected chi connectivity index (χ4v) is 6.35. The summed E-state index contributed by atoms with van der Waals surface area (Å²) in [5.74, 6) is -0.755. The van der Waals surface area contributed by atoms with Crippen LogP contribution in [-0.2, 0) is 10.0 Å². The second-order valence-corrected chi connectivity index (χ2v) is 10.8. The van der Waals surface area contributed by atoms with Gasteiger partial charge in [-0.15, -0.1) is 0 Å². The Balaban J connectivity index is 1.63. The molecule has 0 unspecified atom stereocenters. The average Bonchev–Trinajstić information content (AvgIpc) is 3.14. The number of nitrogens with zero attached hydrogens (tertiary/aromatic N) is 2. The first-order chi connectivity index (χ1) is 16.4. The molecule has 7 nitrogen and oxygen atoms in total. The van der Waals surface area contributed by atoms with Crippen molar-refractivity contribution < 1.29 is 22.3 Å². The number of methoxy groups -OCH3 is 1. The van der Waals surface area contributed by atoms with Gasteiger partial charge in [0.2, 0.25) is 10.0 Å². The Morgan fingerprint density at radius 3 is 2.24 bits per heavy atom. The van der Waals surface area contributed by atoms with Crippen LogP contribution in [0.15, 0.2) is 41.3 Å². The molecule has 2 aromatic carbocycles. The first-order valence-corrected chi connectivity index (χ1v) is 13.4. The van der Waals surface area contributed by atoms with Crippen LogP contribution in [0, 0.1) is 5.82 Å². The number of halogens is 1. The van der Waals surface area contributed by atoms with Crippen LogP contribution in [0.4, 0.5) is 15.8 Å². The summed E-state index contributed by atoms with van der Waals surface area (Å²) in [7, 11) is -2.42. The van der Waals surface area contributed by atoms with Crippen molar-refractivity contribution >= 4 is 27.3 Å². The summed E-state index contributed by atoms with van der Waals surface area (Å²) < 4.78 is 47.7. The number of nitrogens with one attached hydrogen (secondary N) is 1. The van der Waals surface area contributed by atoms with Gasteiger partial charge in [-0.3, -0.25) is 4.79 Å². The zero-order valence-corrected chi connectivity index (χ0v) is 20.4. The van der Waals surface area contributed by atoms with Gasteiger partial charge < -0.3 is 15.0 Å². The van der Waals surface area contributed by atoms with E-state index in [-0.39, 0.29) is 16.2 Å². The van der Waals surface area contributed by atoms with Crippen molar-refractivity contribution in [2.75, 3.05) is 43.5 Å². The van der Waals surface area contributed by atoms with E-state index in [1.54, 1.807) is 6.07 Å². The number of hydrogen-bond donors (Lipinski definition) is 1. The molecule has 1 N–H and O–H groups in total. The van der Waals surface area contributed by atoms with E-state index in [1.165, 1.54) is 41.7 Å². The topological polar surface area (TPSA) is 79.0 Å². The third kappa shape index (κ3) is 5.36. The van der Waals surface area contributed by atoms with E-state index in [2.05, 4.69) is 10.2 Å². The lowest BCUT2D eigenvalue weighted by molar-refractivity contribution is 0.102. The largest absolute Gasteiger partial charge is 0.495 e. The summed E-state index contributed by atoms with van der Waals surface area (Å²) in [5.41, 5.74) is 1.31. The Bertz CT molecular complexity index is 1120. The maximum absolute atomic E-state index is 14.1. The van der Waals surface area contributed by atoms with Crippen LogP contribution in [0.25, 0.3) is 0 Å². The average molecular weight is 490 g/mol. The van der Waals surface area contributed by atoms with Crippen molar-refractivity contribution in [2.24, 2.45) is 0 Å². The van der Waals surface area contributed by atoms with Crippen LogP contribution in [0.3, 0.4) is 0 Å². The van der Waals surface area contributed by atoms with Crippen molar-refractivity contribution in [3.63, 3.8) is 0 Å². The van der Waals surface area contributed by atoms with Gasteiger partial charge in [0.05, 0.1) is 18.5 Å². The normalized spacial score (nSPS) is 17.8. The van der Waals surface area contributed by atoms with Gasteiger partial charge in [-0.1, -0.05) is 12.8 Å². The summed E-state index contributed by atoms with van der Waals surface area (Å²) >= 11 is 0. The van der Waals surface area contributed by atoms with Crippen molar-refractivity contribution in [1.82, 2.24) is 4.31 Å². The Hall–Kier alpha value is -2.65. The maximum atomic E-state index is 14.1. The van der Waals surface area contributed by atoms with Crippen LogP contribution >= 0.6 is 0 Å². The standard InChI is InChI=1S/C25H32FN3O4S/c1-33-23-12-9-19(17-24(23)34(31,32)29-15-7-2-3-8-16-29)25(30)27-21-18-20(26)10-11-22(21)28-13-5-4-6-14-28/h9-12,17-18H,2-8,13-16H2,1H3,(H,27,30). The molecule has 0 saturated carbocycles. The highest BCUT2D eigenvalue weighted by molar-refractivity contribution is 7.89. The summed E-state index contributed by atoms with van der Waals surface area (Å²) in [5, 5.41) is 2.80. The Morgan fingerprint density at radius 2 is 1.56 bits per heavy atom. The van der Waals surface area contributed by atoms with E-state index in [4.69, 9.17) is 4.74 Å². The van der Waals surface area contributed by atoms with E-state index >= 15 is 0 Å². The van der Waals surface area contributed by atoms with Crippen LogP contribution in [0.2, 0.25) is 0 Å². The lowest BCUT2D eigenvalue weighted by atomic mass is 10.1. The van der Waals surface area contributed by atoms with Crippen LogP contribution in [0.5, 0.6) is 5.75 Å². The fourth-order valence-electron chi connectivity index (χ4n) is 4.65. The molecular weight excluding hydrogens is 457 g/mol. The Labute approximate surface area is 200 Å². The van der Waals surface area contributed by atoms with E-state index in [0.717, 1.165) is 63.7 Å². The minimum atomic E-state index is -3.83. The van der Waals surface area contributed by atoms with Gasteiger partial charge in [0.25, 0.3) is 5.91 Å². The summed E-state index contributed by atoms with van der Waals surface area (Å²) in [6.45, 7) is 2.58. The minimum absolute atomic E-state index is 0.0277. The molecule has 2 heterocycles. The minimum Gasteiger partial charge on any atom is -0.495 e. The first-order valence-electron chi connectivity index (χ1n) is 11.9. The molecule has 2 aromatic rings. The number of ether oxygens (including phenoxy) is 1. The van der Waals surface area contributed by atoms with Crippen molar-refractivity contribution in [1.29, 1.82) is 0 Å². The van der Waals surface area contributed by atoms with E-state index in [1.807, 2.05) is 0 Å². The third-order valence-electron chi connectivity index (χ3n) is 6.51. The SMILES string of the molecule is COc1ccc(C(=O)Nc2cc(F)ccc2N2CCCCC2)cc1S(=O)(=O)N1CCCCCC1. The number of carbonyl (C=O) groups excluding carboxylic acids is 1. The van der Waals surface area contributed by atoms with Gasteiger partial charge in [-0.25, -0.2) is 12.8 Å². The lowest BCUT2D eigenvalue weighted by Crippen LogP contribution is -2.32. The highest BCUT2D eigenvalue weighted by atomic mass is 32.2. The van der Waals surface area contributed by atoms with Crippen LogP contribution in [-0.4, -0.2) is 51.9 Å². The molecular formula is C25H32FN3O4S. The van der Waals surface area contributed by atoms with Gasteiger partial charge >= 0.3 is 0 Å². The molecule has 0 bridgehead atoms. The molecule has 2 aliphatic rings. The fraction of sp³-hybridized carbons (Fsp3) is 0.480. The number of hydrogen-bond acceptors (Lipinski definition) is 5. The number of rotatable bonds is 6. The first kappa shape index (κ1) is 24.5. The molecule has 0 spiro atoms. The molecule has 1 amide bonds. The molecule has 0 aliphatic carbocycles. The van der Waals surface area contributed by atoms with Gasteiger partial charge in [-0.05, 0) is 68.5 Å². The number of benzene rings is 2. The van der Waals surface area contributed by atoms with Gasteiger partial charge in [0.1, 0.15) is 16.5 Å². The molecule has 4 rings (SSSR count). The molecule has 2 aliphatic heterocycles. The van der Waals surface area contributed by atoms with Crippen molar-refractivity contribution in [3.05, 3.63) is 47.8 Å². The molecule has 34 heavy (non-hydrogen) atoms. The van der Waals surface area contributed by atoms with E-state index in [9.17, 15) is 17.6 Å². The van der Waals surface area contributed by atoms with E-state index in [0.29, 0.717) is 18.8 Å². The molecule has 2 saturated heterocycles. The maximum Gasteiger partial charge on any atom is 0.255 e. The Morgan fingerprint density at radius 1 is 0.912 bits per heavy atom. The number of carbonyl (C=O) groups is 1. The number of piperidine rings is 1. The molecule has 0 aromatic heterocycles. The highest BCUT2D eigenvalue weighted by Gasteiger charge is 2.29. The summed E-state index contributed by atoms with van der Waals surface area (Å²) in [4.78, 5) is 15.3. The quantitative estimate of drug-likeness (QED) is 0.640. The predicted octanol–water partition coefficient (Wildman–Crippen LogP) is 4.64. The predicted molar refractivity (Wildman–Crippen MR) is 131 cm³/mol. The summed E-state index contributed by atoms with van der Waals surface area (Å²) in [6.07, 6.45) is 6.85. The van der Waals surface area contributed by atoms with Gasteiger partial charge in [0.15, 0.2) is 0 Å². The Kier molecular flexibility index (Phi) is 7.73. The molecule has 2 fully saturated rings. The second kappa shape index (κ2) is 10.7. The van der Waals surface area contributed by atoms with Gasteiger partial charge in [0, 0.05) is 31.7 Å². The lowest BCUT2D eigenvalue weighted by Gasteiger charge is -2.30. The number of amides is 1. The third-order valence-corrected chi connectivity index (χ3v) is 8.43. The van der Waals surface area contributed by atoms with Gasteiger partial charge in [-0.2, -0.15) is 4.31 Å². The van der Waals surface area contributed by atoms with E-state index < -0.39 is 21.7 Å². The summed E-state index contributed by atoms with van der Waals surface area (Å²) in [6, 6.07) is 8.75. The highest BCUT2D eigenvalue weighted by Crippen LogP contribution is 2.32. The van der Waals surface area contributed by atoms with Crippen molar-refractivity contribution in [3.8, 4) is 5.75 Å². The zero-order chi connectivity index (χ0) is 24.1. The zero-order valence-electron chi connectivity index (χ0n) is 19.6. The molecule has 0 atom stereocenters. The monoisotopic (exact) mass is 489 g/mol. The molecule has 0 radical (unpaired) electrons. The second-order valence-electron chi connectivity index (χ2n) is 8.85. The van der Waals surface area contributed by atoms with Crippen molar-refractivity contribution in [2.45, 2.75) is 49.8 Å². The van der Waals surface area contributed by atoms with Crippen LogP contribution < -0.4 is 15.0 Å². The smallest absolute Gasteiger partial charge is 0.255 e. The van der Waals surface area contributed by atoms with Crippen LogP contribution in [0.1, 0.15) is 55.3 Å².